The van der Waals surface area contributed by atoms with Crippen LogP contribution in [0.2, 0.25) is 0 Å². The number of thiophene rings is 1. The molecule has 0 aliphatic rings. The lowest BCUT2D eigenvalue weighted by atomic mass is 10.3. The summed E-state index contributed by atoms with van der Waals surface area (Å²) in [6, 6.07) is 10.3. The lowest BCUT2D eigenvalue weighted by Gasteiger charge is -2.00. The Labute approximate surface area is 97.4 Å². The molecule has 0 saturated carbocycles. The maximum atomic E-state index is 4.26. The highest BCUT2D eigenvalue weighted by molar-refractivity contribution is 7.15. The first kappa shape index (κ1) is 9.54. The highest BCUT2D eigenvalue weighted by atomic mass is 32.1. The van der Waals surface area contributed by atoms with Crippen molar-refractivity contribution in [2.45, 2.75) is 13.8 Å². The average molecular weight is 229 g/mol. The molecule has 0 unspecified atom stereocenters. The van der Waals surface area contributed by atoms with Crippen LogP contribution in [0.15, 0.2) is 30.3 Å². The topological polar surface area (TPSA) is 30.2 Å². The fraction of sp³-hybridized carbons (Fsp3) is 0.167. The van der Waals surface area contributed by atoms with Gasteiger partial charge in [0.05, 0.1) is 4.88 Å². The van der Waals surface area contributed by atoms with Crippen molar-refractivity contribution in [3.63, 3.8) is 0 Å². The number of aromatic nitrogens is 3. The molecular formula is C12H11N3S. The van der Waals surface area contributed by atoms with Gasteiger partial charge in [0.25, 0.3) is 0 Å². The first-order valence-electron chi connectivity index (χ1n) is 5.13. The Morgan fingerprint density at radius 1 is 1.06 bits per heavy atom. The third kappa shape index (κ3) is 1.34. The first-order valence-corrected chi connectivity index (χ1v) is 5.95. The van der Waals surface area contributed by atoms with Crippen LogP contribution in [0.1, 0.15) is 10.6 Å². The van der Waals surface area contributed by atoms with Gasteiger partial charge in [-0.05, 0) is 38.1 Å². The number of fused-ring (bicyclic) bond motifs is 1. The van der Waals surface area contributed by atoms with E-state index in [1.54, 1.807) is 11.3 Å². The van der Waals surface area contributed by atoms with E-state index < -0.39 is 0 Å². The molecule has 3 aromatic heterocycles. The van der Waals surface area contributed by atoms with Crippen LogP contribution in [0.25, 0.3) is 16.3 Å². The van der Waals surface area contributed by atoms with Gasteiger partial charge in [-0.1, -0.05) is 6.07 Å². The van der Waals surface area contributed by atoms with Gasteiger partial charge >= 0.3 is 0 Å². The molecule has 4 heteroatoms. The van der Waals surface area contributed by atoms with E-state index in [1.807, 2.05) is 12.1 Å². The molecule has 3 rings (SSSR count). The molecular weight excluding hydrogens is 218 g/mol. The van der Waals surface area contributed by atoms with Gasteiger partial charge in [0.15, 0.2) is 11.5 Å². The van der Waals surface area contributed by atoms with Crippen LogP contribution in [-0.4, -0.2) is 14.6 Å². The molecule has 3 aromatic rings. The number of aryl methyl sites for hydroxylation is 2. The van der Waals surface area contributed by atoms with Crippen LogP contribution in [0.3, 0.4) is 0 Å². The molecule has 0 N–H and O–H groups in total. The number of hydrogen-bond acceptors (Lipinski definition) is 3. The van der Waals surface area contributed by atoms with E-state index >= 15 is 0 Å². The fourth-order valence-electron chi connectivity index (χ4n) is 1.81. The minimum atomic E-state index is 0.904. The summed E-state index contributed by atoms with van der Waals surface area (Å²) in [4.78, 5) is 2.46. The van der Waals surface area contributed by atoms with E-state index in [2.05, 4.69) is 46.6 Å². The fourth-order valence-corrected chi connectivity index (χ4v) is 2.66. The molecule has 0 atom stereocenters. The Kier molecular flexibility index (Phi) is 2.04. The maximum absolute atomic E-state index is 4.26. The maximum Gasteiger partial charge on any atom is 0.178 e. The first-order chi connectivity index (χ1) is 7.75. The summed E-state index contributed by atoms with van der Waals surface area (Å²) in [5, 5.41) is 8.45. The number of nitrogens with zero attached hydrogens (tertiary/aromatic N) is 3. The van der Waals surface area contributed by atoms with Gasteiger partial charge in [-0.3, -0.25) is 4.40 Å². The normalized spacial score (nSPS) is 11.1. The second-order valence-electron chi connectivity index (χ2n) is 3.79. The zero-order chi connectivity index (χ0) is 11.1. The highest BCUT2D eigenvalue weighted by Crippen LogP contribution is 2.27. The Morgan fingerprint density at radius 2 is 1.94 bits per heavy atom. The summed E-state index contributed by atoms with van der Waals surface area (Å²) in [6.45, 7) is 4.17. The Morgan fingerprint density at radius 3 is 2.69 bits per heavy atom. The molecule has 0 spiro atoms. The van der Waals surface area contributed by atoms with Crippen LogP contribution in [0.4, 0.5) is 0 Å². The molecule has 3 heterocycles. The van der Waals surface area contributed by atoms with E-state index in [4.69, 9.17) is 0 Å². The molecule has 0 saturated heterocycles. The third-order valence-electron chi connectivity index (χ3n) is 2.58. The minimum Gasteiger partial charge on any atom is -0.279 e. The van der Waals surface area contributed by atoms with E-state index in [1.165, 1.54) is 9.75 Å². The van der Waals surface area contributed by atoms with Gasteiger partial charge < -0.3 is 0 Å². The van der Waals surface area contributed by atoms with E-state index in [0.29, 0.717) is 0 Å². The summed E-state index contributed by atoms with van der Waals surface area (Å²) in [7, 11) is 0. The molecule has 3 nitrogen and oxygen atoms in total. The Balaban J connectivity index is 2.32. The van der Waals surface area contributed by atoms with Crippen LogP contribution < -0.4 is 0 Å². The molecule has 0 aromatic carbocycles. The zero-order valence-electron chi connectivity index (χ0n) is 9.14. The van der Waals surface area contributed by atoms with Crippen LogP contribution in [0, 0.1) is 13.8 Å². The van der Waals surface area contributed by atoms with Crippen molar-refractivity contribution >= 4 is 17.0 Å². The standard InChI is InChI=1S/C12H11N3S/c1-8-4-3-5-11-13-14-12(15(8)11)10-7-6-9(2)16-10/h3-7H,1-2H3. The average Bonchev–Trinajstić information content (AvgIpc) is 2.84. The largest absolute Gasteiger partial charge is 0.279 e. The van der Waals surface area contributed by atoms with Gasteiger partial charge in [0.1, 0.15) is 0 Å². The van der Waals surface area contributed by atoms with E-state index in [-0.39, 0.29) is 0 Å². The number of rotatable bonds is 1. The predicted octanol–water partition coefficient (Wildman–Crippen LogP) is 3.07. The van der Waals surface area contributed by atoms with Crippen molar-refractivity contribution in [3.05, 3.63) is 40.9 Å². The molecule has 80 valence electrons. The number of pyridine rings is 1. The summed E-state index contributed by atoms with van der Waals surface area (Å²) < 4.78 is 2.09. The summed E-state index contributed by atoms with van der Waals surface area (Å²) >= 11 is 1.75. The van der Waals surface area contributed by atoms with Crippen LogP contribution in [-0.2, 0) is 0 Å². The van der Waals surface area contributed by atoms with Gasteiger partial charge in [-0.2, -0.15) is 0 Å². The molecule has 0 aliphatic heterocycles. The molecule has 16 heavy (non-hydrogen) atoms. The van der Waals surface area contributed by atoms with Gasteiger partial charge in [-0.25, -0.2) is 0 Å². The van der Waals surface area contributed by atoms with Gasteiger partial charge in [-0.15, -0.1) is 21.5 Å². The zero-order valence-corrected chi connectivity index (χ0v) is 9.95. The quantitative estimate of drug-likeness (QED) is 0.642. The molecule has 0 bridgehead atoms. The van der Waals surface area contributed by atoms with Crippen molar-refractivity contribution in [2.75, 3.05) is 0 Å². The van der Waals surface area contributed by atoms with E-state index in [9.17, 15) is 0 Å². The lowest BCUT2D eigenvalue weighted by molar-refractivity contribution is 1.08. The Bertz CT molecular complexity index is 651. The van der Waals surface area contributed by atoms with Crippen molar-refractivity contribution in [2.24, 2.45) is 0 Å². The molecule has 0 fully saturated rings. The van der Waals surface area contributed by atoms with Gasteiger partial charge in [0, 0.05) is 10.6 Å². The van der Waals surface area contributed by atoms with Crippen LogP contribution in [0.5, 0.6) is 0 Å². The lowest BCUT2D eigenvalue weighted by Crippen LogP contribution is -1.92. The highest BCUT2D eigenvalue weighted by Gasteiger charge is 2.10. The molecule has 0 aliphatic carbocycles. The predicted molar refractivity (Wildman–Crippen MR) is 65.8 cm³/mol. The Hall–Kier alpha value is -1.68. The molecule has 0 radical (unpaired) electrons. The second kappa shape index (κ2) is 3.42. The minimum absolute atomic E-state index is 0.904. The second-order valence-corrected chi connectivity index (χ2v) is 5.08. The molecule has 0 amide bonds. The third-order valence-corrected chi connectivity index (χ3v) is 3.58. The smallest absolute Gasteiger partial charge is 0.178 e. The SMILES string of the molecule is Cc1ccc(-c2nnc3cccc(C)n23)s1. The van der Waals surface area contributed by atoms with Crippen molar-refractivity contribution in [1.82, 2.24) is 14.6 Å². The van der Waals surface area contributed by atoms with Gasteiger partial charge in [0.2, 0.25) is 0 Å². The monoisotopic (exact) mass is 229 g/mol. The van der Waals surface area contributed by atoms with E-state index in [0.717, 1.165) is 17.2 Å². The van der Waals surface area contributed by atoms with Crippen molar-refractivity contribution < 1.29 is 0 Å². The van der Waals surface area contributed by atoms with Crippen molar-refractivity contribution in [3.8, 4) is 10.7 Å². The summed E-state index contributed by atoms with van der Waals surface area (Å²) in [5.41, 5.74) is 2.06. The van der Waals surface area contributed by atoms with Crippen LogP contribution >= 0.6 is 11.3 Å². The summed E-state index contributed by atoms with van der Waals surface area (Å²) in [6.07, 6.45) is 0. The van der Waals surface area contributed by atoms with Crippen molar-refractivity contribution in [1.29, 1.82) is 0 Å². The summed E-state index contributed by atoms with van der Waals surface area (Å²) in [5.74, 6) is 0.936. The number of hydrogen-bond donors (Lipinski definition) is 0.